The second-order valence-corrected chi connectivity index (χ2v) is 4.22. The van der Waals surface area contributed by atoms with Gasteiger partial charge in [-0.15, -0.1) is 0 Å². The number of nitrogens with zero attached hydrogens (tertiary/aromatic N) is 3. The molecule has 0 unspecified atom stereocenters. The van der Waals surface area contributed by atoms with Crippen molar-refractivity contribution < 1.29 is 9.68 Å². The van der Waals surface area contributed by atoms with Crippen molar-refractivity contribution in [1.29, 1.82) is 0 Å². The van der Waals surface area contributed by atoms with E-state index in [2.05, 4.69) is 15.0 Å². The topological polar surface area (TPSA) is 68.1 Å². The first-order chi connectivity index (χ1) is 10.4. The van der Waals surface area contributed by atoms with E-state index in [1.807, 2.05) is 60.7 Å². The van der Waals surface area contributed by atoms with Crippen molar-refractivity contribution in [1.82, 2.24) is 15.0 Å². The number of rotatable bonds is 4. The molecule has 0 aliphatic heterocycles. The number of hydrogen-bond acceptors (Lipinski definition) is 5. The Morgan fingerprint density at radius 2 is 1.19 bits per heavy atom. The lowest BCUT2D eigenvalue weighted by atomic mass is 10.2. The van der Waals surface area contributed by atoms with Gasteiger partial charge in [-0.2, -0.15) is 9.97 Å². The van der Waals surface area contributed by atoms with Crippen LogP contribution < -0.4 is 4.65 Å². The van der Waals surface area contributed by atoms with Crippen molar-refractivity contribution in [2.24, 2.45) is 0 Å². The summed E-state index contributed by atoms with van der Waals surface area (Å²) >= 11 is 0. The molecule has 101 valence electrons. The average Bonchev–Trinajstić information content (AvgIpc) is 2.56. The van der Waals surface area contributed by atoms with Crippen LogP contribution in [0.2, 0.25) is 0 Å². The molecule has 0 fully saturated rings. The van der Waals surface area contributed by atoms with Crippen LogP contribution in [0.25, 0.3) is 22.8 Å². The molecule has 0 atom stereocenters. The molecule has 1 N–H and O–H groups in total. The molecule has 0 saturated carbocycles. The Morgan fingerprint density at radius 3 is 1.62 bits per heavy atom. The van der Waals surface area contributed by atoms with Crippen LogP contribution in [0.1, 0.15) is 0 Å². The van der Waals surface area contributed by atoms with Gasteiger partial charge in [-0.05, 0) is 0 Å². The molecule has 1 aromatic heterocycles. The second kappa shape index (κ2) is 6.15. The maximum absolute atomic E-state index is 8.79. The summed E-state index contributed by atoms with van der Waals surface area (Å²) in [5.41, 5.74) is 1.69. The minimum atomic E-state index is 0.0465. The van der Waals surface area contributed by atoms with Crippen LogP contribution in [0, 0.1) is 0 Å². The van der Waals surface area contributed by atoms with Crippen LogP contribution in [0.3, 0.4) is 0 Å². The van der Waals surface area contributed by atoms with Gasteiger partial charge < -0.3 is 9.68 Å². The third-order valence-electron chi connectivity index (χ3n) is 2.84. The van der Waals surface area contributed by atoms with E-state index in [0.29, 0.717) is 19.3 Å². The number of hydrogen-bond donors (Lipinski definition) is 1. The van der Waals surface area contributed by atoms with Crippen LogP contribution in [-0.4, -0.2) is 27.7 Å². The number of aromatic nitrogens is 3. The molecule has 21 heavy (non-hydrogen) atoms. The lowest BCUT2D eigenvalue weighted by Crippen LogP contribution is -2.06. The minimum absolute atomic E-state index is 0.0465. The first-order valence-electron chi connectivity index (χ1n) is 6.36. The first-order valence-corrected chi connectivity index (χ1v) is 6.36. The van der Waals surface area contributed by atoms with Crippen molar-refractivity contribution in [3.63, 3.8) is 0 Å². The molecular weight excluding hydrogens is 265 g/mol. The molecule has 0 saturated heterocycles. The summed E-state index contributed by atoms with van der Waals surface area (Å²) in [4.78, 5) is 12.8. The highest BCUT2D eigenvalue weighted by atomic mass is 16.5. The van der Waals surface area contributed by atoms with Gasteiger partial charge in [-0.25, -0.2) is 4.98 Å². The normalized spacial score (nSPS) is 10.1. The van der Waals surface area contributed by atoms with E-state index in [0.717, 1.165) is 11.1 Å². The van der Waals surface area contributed by atoms with E-state index >= 15 is 0 Å². The molecule has 0 spiro atoms. The molecule has 5 nitrogen and oxygen atoms in total. The largest absolute Gasteiger partial charge is 0.571 e. The summed E-state index contributed by atoms with van der Waals surface area (Å²) in [5, 5.41) is 8.79. The molecule has 1 heterocycles. The Labute approximate surface area is 122 Å². The molecule has 2 aromatic carbocycles. The molecule has 6 heteroatoms. The van der Waals surface area contributed by atoms with Crippen molar-refractivity contribution >= 4 is 7.69 Å². The zero-order chi connectivity index (χ0) is 14.5. The molecule has 3 rings (SSSR count). The lowest BCUT2D eigenvalue weighted by Gasteiger charge is -2.07. The SMILES string of the molecule is O[B]Oc1nc(-c2ccccc2)nc(-c2ccccc2)n1. The van der Waals surface area contributed by atoms with E-state index in [4.69, 9.17) is 9.68 Å². The van der Waals surface area contributed by atoms with Gasteiger partial charge in [0, 0.05) is 11.1 Å². The highest BCUT2D eigenvalue weighted by Crippen LogP contribution is 2.21. The fraction of sp³-hybridized carbons (Fsp3) is 0. The van der Waals surface area contributed by atoms with Gasteiger partial charge >= 0.3 is 13.7 Å². The van der Waals surface area contributed by atoms with Crippen LogP contribution in [-0.2, 0) is 0 Å². The zero-order valence-electron chi connectivity index (χ0n) is 11.0. The average molecular weight is 276 g/mol. The molecule has 0 amide bonds. The minimum Gasteiger partial charge on any atom is -0.508 e. The van der Waals surface area contributed by atoms with Gasteiger partial charge in [0.05, 0.1) is 0 Å². The quantitative estimate of drug-likeness (QED) is 0.739. The summed E-state index contributed by atoms with van der Waals surface area (Å²) in [6.07, 6.45) is 0. The van der Waals surface area contributed by atoms with E-state index in [-0.39, 0.29) is 6.01 Å². The van der Waals surface area contributed by atoms with Crippen LogP contribution in [0.4, 0.5) is 0 Å². The van der Waals surface area contributed by atoms with Crippen molar-refractivity contribution in [2.45, 2.75) is 0 Å². The summed E-state index contributed by atoms with van der Waals surface area (Å²) in [5.74, 6) is 0.975. The van der Waals surface area contributed by atoms with Gasteiger partial charge in [-0.3, -0.25) is 0 Å². The van der Waals surface area contributed by atoms with Crippen LogP contribution in [0.15, 0.2) is 60.7 Å². The van der Waals surface area contributed by atoms with Gasteiger partial charge in [0.1, 0.15) is 0 Å². The van der Waals surface area contributed by atoms with E-state index < -0.39 is 0 Å². The van der Waals surface area contributed by atoms with Crippen LogP contribution in [0.5, 0.6) is 6.01 Å². The van der Waals surface area contributed by atoms with Gasteiger partial charge in [0.25, 0.3) is 0 Å². The second-order valence-electron chi connectivity index (χ2n) is 4.22. The summed E-state index contributed by atoms with van der Waals surface area (Å²) < 4.78 is 4.90. The Kier molecular flexibility index (Phi) is 3.89. The van der Waals surface area contributed by atoms with E-state index in [1.54, 1.807) is 0 Å². The monoisotopic (exact) mass is 276 g/mol. The zero-order valence-corrected chi connectivity index (χ0v) is 11.0. The smallest absolute Gasteiger partial charge is 0.508 e. The Bertz CT molecular complexity index is 666. The van der Waals surface area contributed by atoms with Crippen molar-refractivity contribution in [3.05, 3.63) is 60.7 Å². The van der Waals surface area contributed by atoms with Gasteiger partial charge in [0.15, 0.2) is 11.6 Å². The van der Waals surface area contributed by atoms with Gasteiger partial charge in [0.2, 0.25) is 0 Å². The Morgan fingerprint density at radius 1 is 0.714 bits per heavy atom. The Balaban J connectivity index is 2.11. The maximum atomic E-state index is 8.79. The van der Waals surface area contributed by atoms with Crippen molar-refractivity contribution in [2.75, 3.05) is 0 Å². The fourth-order valence-electron chi connectivity index (χ4n) is 1.89. The van der Waals surface area contributed by atoms with Gasteiger partial charge in [-0.1, -0.05) is 60.7 Å². The third kappa shape index (κ3) is 3.06. The van der Waals surface area contributed by atoms with E-state index in [9.17, 15) is 0 Å². The standard InChI is InChI=1S/C15H11BN3O2/c20-16-21-15-18-13(11-7-3-1-4-8-11)17-14(19-15)12-9-5-2-6-10-12/h1-10,20H. The summed E-state index contributed by atoms with van der Waals surface area (Å²) in [6, 6.07) is 19.1. The molecule has 0 aliphatic rings. The first kappa shape index (κ1) is 13.3. The third-order valence-corrected chi connectivity index (χ3v) is 2.84. The lowest BCUT2D eigenvalue weighted by molar-refractivity contribution is 0.430. The Hall–Kier alpha value is -2.73. The molecule has 3 aromatic rings. The molecular formula is C15H11BN3O2. The van der Waals surface area contributed by atoms with Crippen molar-refractivity contribution in [3.8, 4) is 28.8 Å². The summed E-state index contributed by atoms with van der Waals surface area (Å²) in [6.45, 7) is 0. The predicted octanol–water partition coefficient (Wildman–Crippen LogP) is 2.11. The highest BCUT2D eigenvalue weighted by molar-refractivity contribution is 6.17. The predicted molar refractivity (Wildman–Crippen MR) is 79.3 cm³/mol. The molecule has 0 bridgehead atoms. The highest BCUT2D eigenvalue weighted by Gasteiger charge is 2.11. The fourth-order valence-corrected chi connectivity index (χ4v) is 1.89. The summed E-state index contributed by atoms with van der Waals surface area (Å²) in [7, 11) is 0.554. The number of benzene rings is 2. The maximum Gasteiger partial charge on any atom is 0.571 e. The molecule has 0 aliphatic carbocycles. The van der Waals surface area contributed by atoms with E-state index in [1.165, 1.54) is 0 Å². The molecule has 1 radical (unpaired) electrons. The van der Waals surface area contributed by atoms with Crippen LogP contribution >= 0.6 is 0 Å².